The molecule has 0 unspecified atom stereocenters. The number of hydrogen-bond donors (Lipinski definition) is 1. The van der Waals surface area contributed by atoms with Crippen LogP contribution in [-0.4, -0.2) is 29.0 Å². The van der Waals surface area contributed by atoms with Crippen molar-refractivity contribution in [1.29, 1.82) is 0 Å². The van der Waals surface area contributed by atoms with E-state index in [9.17, 15) is 9.59 Å². The van der Waals surface area contributed by atoms with Gasteiger partial charge in [0, 0.05) is 6.20 Å². The number of benzene rings is 1. The summed E-state index contributed by atoms with van der Waals surface area (Å²) in [5, 5.41) is 2.61. The van der Waals surface area contributed by atoms with Gasteiger partial charge in [0.25, 0.3) is 5.91 Å². The Morgan fingerprint density at radius 1 is 1.21 bits per heavy atom. The lowest BCUT2D eigenvalue weighted by atomic mass is 10.1. The highest BCUT2D eigenvalue weighted by Gasteiger charge is 2.14. The molecule has 0 bridgehead atoms. The SMILES string of the molecule is COC(=O)c1ccccc1NC(=O)c1ccncn1. The maximum atomic E-state index is 11.9. The van der Waals surface area contributed by atoms with Crippen LogP contribution in [0.25, 0.3) is 0 Å². The number of carbonyl (C=O) groups excluding carboxylic acids is 2. The molecule has 0 aliphatic heterocycles. The molecule has 1 aromatic heterocycles. The van der Waals surface area contributed by atoms with Crippen molar-refractivity contribution in [2.45, 2.75) is 0 Å². The number of ether oxygens (including phenoxy) is 1. The van der Waals surface area contributed by atoms with Crippen molar-refractivity contribution in [3.05, 3.63) is 54.1 Å². The average molecular weight is 257 g/mol. The Bertz CT molecular complexity index is 599. The molecular weight excluding hydrogens is 246 g/mol. The molecular formula is C13H11N3O3. The van der Waals surface area contributed by atoms with Gasteiger partial charge in [0.15, 0.2) is 0 Å². The number of aromatic nitrogens is 2. The van der Waals surface area contributed by atoms with E-state index < -0.39 is 11.9 Å². The van der Waals surface area contributed by atoms with Gasteiger partial charge in [-0.3, -0.25) is 4.79 Å². The van der Waals surface area contributed by atoms with E-state index in [1.54, 1.807) is 24.3 Å². The van der Waals surface area contributed by atoms with E-state index in [2.05, 4.69) is 20.0 Å². The van der Waals surface area contributed by atoms with Crippen LogP contribution in [0, 0.1) is 0 Å². The van der Waals surface area contributed by atoms with Crippen molar-refractivity contribution in [1.82, 2.24) is 9.97 Å². The van der Waals surface area contributed by atoms with Crippen molar-refractivity contribution in [3.63, 3.8) is 0 Å². The minimum absolute atomic E-state index is 0.217. The number of methoxy groups -OCH3 is 1. The fraction of sp³-hybridized carbons (Fsp3) is 0.0769. The van der Waals surface area contributed by atoms with Crippen molar-refractivity contribution in [3.8, 4) is 0 Å². The Hall–Kier alpha value is -2.76. The monoisotopic (exact) mass is 257 g/mol. The molecule has 0 saturated carbocycles. The van der Waals surface area contributed by atoms with Crippen LogP contribution in [0.3, 0.4) is 0 Å². The zero-order valence-corrected chi connectivity index (χ0v) is 10.2. The molecule has 1 N–H and O–H groups in total. The van der Waals surface area contributed by atoms with Crippen molar-refractivity contribution < 1.29 is 14.3 Å². The average Bonchev–Trinajstić information content (AvgIpc) is 2.48. The van der Waals surface area contributed by atoms with E-state index in [4.69, 9.17) is 0 Å². The number of nitrogens with zero attached hydrogens (tertiary/aromatic N) is 2. The number of amides is 1. The molecule has 0 spiro atoms. The highest BCUT2D eigenvalue weighted by atomic mass is 16.5. The van der Waals surface area contributed by atoms with Gasteiger partial charge in [0.05, 0.1) is 18.4 Å². The molecule has 0 radical (unpaired) electrons. The Balaban J connectivity index is 2.25. The van der Waals surface area contributed by atoms with Crippen LogP contribution < -0.4 is 5.32 Å². The second-order valence-electron chi connectivity index (χ2n) is 3.59. The van der Waals surface area contributed by atoms with Gasteiger partial charge >= 0.3 is 5.97 Å². The van der Waals surface area contributed by atoms with E-state index >= 15 is 0 Å². The minimum atomic E-state index is -0.515. The number of nitrogens with one attached hydrogen (secondary N) is 1. The summed E-state index contributed by atoms with van der Waals surface area (Å²) in [6.07, 6.45) is 2.75. The van der Waals surface area contributed by atoms with Crippen LogP contribution in [0.15, 0.2) is 42.9 Å². The predicted molar refractivity (Wildman–Crippen MR) is 67.8 cm³/mol. The third-order valence-electron chi connectivity index (χ3n) is 2.40. The second-order valence-corrected chi connectivity index (χ2v) is 3.59. The van der Waals surface area contributed by atoms with Gasteiger partial charge in [-0.15, -0.1) is 0 Å². The molecule has 1 aromatic carbocycles. The molecule has 2 aromatic rings. The molecule has 1 heterocycles. The van der Waals surface area contributed by atoms with Gasteiger partial charge in [0.2, 0.25) is 0 Å². The van der Waals surface area contributed by atoms with Crippen molar-refractivity contribution in [2.75, 3.05) is 12.4 Å². The Morgan fingerprint density at radius 3 is 2.68 bits per heavy atom. The zero-order valence-electron chi connectivity index (χ0n) is 10.2. The first-order valence-electron chi connectivity index (χ1n) is 5.47. The quantitative estimate of drug-likeness (QED) is 0.843. The van der Waals surface area contributed by atoms with Crippen molar-refractivity contribution in [2.24, 2.45) is 0 Å². The van der Waals surface area contributed by atoms with Gasteiger partial charge < -0.3 is 10.1 Å². The van der Waals surface area contributed by atoms with Gasteiger partial charge in [-0.2, -0.15) is 0 Å². The number of para-hydroxylation sites is 1. The van der Waals surface area contributed by atoms with E-state index in [1.807, 2.05) is 0 Å². The summed E-state index contributed by atoms with van der Waals surface area (Å²) in [4.78, 5) is 31.0. The molecule has 6 nitrogen and oxygen atoms in total. The van der Waals surface area contributed by atoms with Crippen LogP contribution in [0.2, 0.25) is 0 Å². The van der Waals surface area contributed by atoms with Crippen LogP contribution in [0.5, 0.6) is 0 Å². The molecule has 0 fully saturated rings. The molecule has 2 rings (SSSR count). The fourth-order valence-corrected chi connectivity index (χ4v) is 1.49. The maximum absolute atomic E-state index is 11.9. The summed E-state index contributed by atoms with van der Waals surface area (Å²) in [5.74, 6) is -0.933. The lowest BCUT2D eigenvalue weighted by Crippen LogP contribution is -2.16. The third-order valence-corrected chi connectivity index (χ3v) is 2.40. The normalized spacial score (nSPS) is 9.74. The van der Waals surface area contributed by atoms with Crippen molar-refractivity contribution >= 4 is 17.6 Å². The lowest BCUT2D eigenvalue weighted by molar-refractivity contribution is 0.0602. The zero-order chi connectivity index (χ0) is 13.7. The summed E-state index contributed by atoms with van der Waals surface area (Å²) in [7, 11) is 1.28. The van der Waals surface area contributed by atoms with Gasteiger partial charge in [-0.25, -0.2) is 14.8 Å². The second kappa shape index (κ2) is 5.72. The van der Waals surface area contributed by atoms with E-state index in [1.165, 1.54) is 25.7 Å². The molecule has 19 heavy (non-hydrogen) atoms. The first-order valence-corrected chi connectivity index (χ1v) is 5.47. The van der Waals surface area contributed by atoms with Crippen LogP contribution in [0.4, 0.5) is 5.69 Å². The number of carbonyl (C=O) groups is 2. The largest absolute Gasteiger partial charge is 0.465 e. The van der Waals surface area contributed by atoms with E-state index in [-0.39, 0.29) is 11.3 Å². The molecule has 0 atom stereocenters. The standard InChI is InChI=1S/C13H11N3O3/c1-19-13(18)9-4-2-3-5-10(9)16-12(17)11-6-7-14-8-15-11/h2-8H,1H3,(H,16,17). The van der Waals surface area contributed by atoms with Gasteiger partial charge in [-0.05, 0) is 18.2 Å². The van der Waals surface area contributed by atoms with E-state index in [0.717, 1.165) is 0 Å². The molecule has 0 saturated heterocycles. The molecule has 1 amide bonds. The summed E-state index contributed by atoms with van der Waals surface area (Å²) in [5.41, 5.74) is 0.875. The topological polar surface area (TPSA) is 81.2 Å². The smallest absolute Gasteiger partial charge is 0.339 e. The molecule has 96 valence electrons. The number of esters is 1. The van der Waals surface area contributed by atoms with E-state index in [0.29, 0.717) is 5.69 Å². The first-order chi connectivity index (χ1) is 9.22. The predicted octanol–water partition coefficient (Wildman–Crippen LogP) is 1.52. The van der Waals surface area contributed by atoms with Crippen LogP contribution in [0.1, 0.15) is 20.8 Å². The summed E-state index contributed by atoms with van der Waals surface area (Å²) < 4.78 is 4.65. The minimum Gasteiger partial charge on any atom is -0.465 e. The number of hydrogen-bond acceptors (Lipinski definition) is 5. The Labute approximate surface area is 109 Å². The third kappa shape index (κ3) is 2.92. The fourth-order valence-electron chi connectivity index (χ4n) is 1.49. The van der Waals surface area contributed by atoms with Crippen LogP contribution >= 0.6 is 0 Å². The lowest BCUT2D eigenvalue weighted by Gasteiger charge is -2.08. The summed E-state index contributed by atoms with van der Waals surface area (Å²) in [6.45, 7) is 0. The Kier molecular flexibility index (Phi) is 3.82. The molecule has 0 aliphatic rings. The summed E-state index contributed by atoms with van der Waals surface area (Å²) in [6, 6.07) is 8.07. The highest BCUT2D eigenvalue weighted by molar-refractivity contribution is 6.06. The van der Waals surface area contributed by atoms with Gasteiger partial charge in [0.1, 0.15) is 12.0 Å². The number of rotatable bonds is 3. The maximum Gasteiger partial charge on any atom is 0.339 e. The number of anilines is 1. The van der Waals surface area contributed by atoms with Crippen LogP contribution in [-0.2, 0) is 4.74 Å². The highest BCUT2D eigenvalue weighted by Crippen LogP contribution is 2.16. The molecule has 0 aliphatic carbocycles. The summed E-state index contributed by atoms with van der Waals surface area (Å²) >= 11 is 0. The van der Waals surface area contributed by atoms with Gasteiger partial charge in [-0.1, -0.05) is 12.1 Å². The Morgan fingerprint density at radius 2 is 2.00 bits per heavy atom. The first kappa shape index (κ1) is 12.7. The molecule has 6 heteroatoms.